The molecule has 2 rings (SSSR count). The number of nitrogens with one attached hydrogen (secondary N) is 1. The van der Waals surface area contributed by atoms with E-state index in [1.54, 1.807) is 14.0 Å². The highest BCUT2D eigenvalue weighted by atomic mass is 19.4. The Morgan fingerprint density at radius 1 is 1.16 bits per heavy atom. The van der Waals surface area contributed by atoms with Gasteiger partial charge in [0.2, 0.25) is 0 Å². The molecule has 0 atom stereocenters. The second kappa shape index (κ2) is 7.55. The van der Waals surface area contributed by atoms with Crippen LogP contribution in [-0.2, 0) is 6.18 Å². The molecule has 0 radical (unpaired) electrons. The van der Waals surface area contributed by atoms with Crippen molar-refractivity contribution in [3.05, 3.63) is 53.3 Å². The molecule has 0 aromatic heterocycles. The zero-order valence-corrected chi connectivity index (χ0v) is 14.0. The van der Waals surface area contributed by atoms with Crippen LogP contribution in [-0.4, -0.2) is 12.9 Å². The maximum Gasteiger partial charge on any atom is 0.420 e. The fourth-order valence-corrected chi connectivity index (χ4v) is 2.23. The summed E-state index contributed by atoms with van der Waals surface area (Å²) in [6.07, 6.45) is -4.11. The molecule has 0 aliphatic carbocycles. The van der Waals surface area contributed by atoms with E-state index in [2.05, 4.69) is 10.3 Å². The van der Waals surface area contributed by atoms with Crippen LogP contribution in [0.15, 0.2) is 41.4 Å². The first-order valence-corrected chi connectivity index (χ1v) is 7.63. The SMILES string of the molecule is CCC(=NC)Nc1cc(C(F)(F)F)c(Oc2ccccc2F)cc1C. The largest absolute Gasteiger partial charge is 0.454 e. The molecule has 0 saturated carbocycles. The highest BCUT2D eigenvalue weighted by Gasteiger charge is 2.35. The summed E-state index contributed by atoms with van der Waals surface area (Å²) in [6.45, 7) is 3.48. The normalized spacial score (nSPS) is 12.2. The van der Waals surface area contributed by atoms with Crippen molar-refractivity contribution in [3.63, 3.8) is 0 Å². The molecule has 25 heavy (non-hydrogen) atoms. The summed E-state index contributed by atoms with van der Waals surface area (Å²) in [5, 5.41) is 2.88. The Hall–Kier alpha value is -2.57. The number of ether oxygens (including phenoxy) is 1. The maximum absolute atomic E-state index is 13.7. The van der Waals surface area contributed by atoms with Gasteiger partial charge in [-0.15, -0.1) is 0 Å². The van der Waals surface area contributed by atoms with Gasteiger partial charge in [0.15, 0.2) is 11.6 Å². The number of halogens is 4. The molecule has 0 saturated heterocycles. The molecule has 3 nitrogen and oxygen atoms in total. The molecule has 0 aliphatic heterocycles. The number of hydrogen-bond acceptors (Lipinski definition) is 2. The zero-order chi connectivity index (χ0) is 18.6. The zero-order valence-electron chi connectivity index (χ0n) is 14.0. The van der Waals surface area contributed by atoms with Crippen molar-refractivity contribution >= 4 is 11.5 Å². The fourth-order valence-electron chi connectivity index (χ4n) is 2.23. The van der Waals surface area contributed by atoms with Gasteiger partial charge in [0.25, 0.3) is 0 Å². The van der Waals surface area contributed by atoms with Crippen LogP contribution in [0.5, 0.6) is 11.5 Å². The molecule has 2 aromatic carbocycles. The third-order valence-corrected chi connectivity index (χ3v) is 3.57. The van der Waals surface area contributed by atoms with Crippen LogP contribution in [0, 0.1) is 12.7 Å². The number of anilines is 1. The quantitative estimate of drug-likeness (QED) is 0.428. The summed E-state index contributed by atoms with van der Waals surface area (Å²) in [5.41, 5.74) is -0.194. The molecule has 0 unspecified atom stereocenters. The van der Waals surface area contributed by atoms with Crippen molar-refractivity contribution in [3.8, 4) is 11.5 Å². The molecular weight excluding hydrogens is 336 g/mol. The lowest BCUT2D eigenvalue weighted by atomic mass is 10.1. The lowest BCUT2D eigenvalue weighted by molar-refractivity contribution is -0.138. The number of aliphatic imine (C=N–C) groups is 1. The van der Waals surface area contributed by atoms with Gasteiger partial charge in [0.05, 0.1) is 0 Å². The van der Waals surface area contributed by atoms with E-state index < -0.39 is 23.3 Å². The number of rotatable bonds is 4. The van der Waals surface area contributed by atoms with Crippen molar-refractivity contribution in [2.75, 3.05) is 12.4 Å². The minimum atomic E-state index is -4.65. The maximum atomic E-state index is 13.7. The molecule has 0 heterocycles. The topological polar surface area (TPSA) is 33.6 Å². The highest BCUT2D eigenvalue weighted by Crippen LogP contribution is 2.41. The van der Waals surface area contributed by atoms with E-state index >= 15 is 0 Å². The first-order valence-electron chi connectivity index (χ1n) is 7.63. The van der Waals surface area contributed by atoms with Crippen LogP contribution in [0.4, 0.5) is 23.2 Å². The monoisotopic (exact) mass is 354 g/mol. The number of hydrogen-bond donors (Lipinski definition) is 1. The van der Waals surface area contributed by atoms with Gasteiger partial charge in [-0.05, 0) is 36.8 Å². The third kappa shape index (κ3) is 4.49. The molecule has 134 valence electrons. The lowest BCUT2D eigenvalue weighted by Crippen LogP contribution is -2.14. The van der Waals surface area contributed by atoms with Crippen molar-refractivity contribution in [2.45, 2.75) is 26.4 Å². The van der Waals surface area contributed by atoms with E-state index in [1.807, 2.05) is 6.92 Å². The molecule has 0 bridgehead atoms. The first-order chi connectivity index (χ1) is 11.8. The summed E-state index contributed by atoms with van der Waals surface area (Å²) in [4.78, 5) is 3.98. The Morgan fingerprint density at radius 2 is 1.84 bits per heavy atom. The number of aryl methyl sites for hydroxylation is 1. The number of alkyl halides is 3. The van der Waals surface area contributed by atoms with Crippen LogP contribution in [0.3, 0.4) is 0 Å². The number of nitrogens with zero attached hydrogens (tertiary/aromatic N) is 1. The Labute approximate surface area is 143 Å². The van der Waals surface area contributed by atoms with Crippen molar-refractivity contribution in [1.29, 1.82) is 0 Å². The van der Waals surface area contributed by atoms with Crippen molar-refractivity contribution in [2.24, 2.45) is 4.99 Å². The van der Waals surface area contributed by atoms with Crippen molar-refractivity contribution in [1.82, 2.24) is 0 Å². The van der Waals surface area contributed by atoms with Gasteiger partial charge in [0.1, 0.15) is 17.1 Å². The Balaban J connectivity index is 2.49. The van der Waals surface area contributed by atoms with Gasteiger partial charge in [-0.3, -0.25) is 4.99 Å². The van der Waals surface area contributed by atoms with Crippen LogP contribution < -0.4 is 10.1 Å². The second-order valence-corrected chi connectivity index (χ2v) is 5.34. The smallest absolute Gasteiger partial charge is 0.420 e. The van der Waals surface area contributed by atoms with Gasteiger partial charge in [0, 0.05) is 19.2 Å². The summed E-state index contributed by atoms with van der Waals surface area (Å²) in [7, 11) is 1.56. The number of para-hydroxylation sites is 1. The van der Waals surface area contributed by atoms with E-state index in [0.717, 1.165) is 12.1 Å². The van der Waals surface area contributed by atoms with Gasteiger partial charge in [-0.1, -0.05) is 19.1 Å². The molecule has 2 aromatic rings. The van der Waals surface area contributed by atoms with Crippen molar-refractivity contribution < 1.29 is 22.3 Å². The average Bonchev–Trinajstić information content (AvgIpc) is 2.55. The average molecular weight is 354 g/mol. The fraction of sp³-hybridized carbons (Fsp3) is 0.278. The van der Waals surface area contributed by atoms with Crippen LogP contribution in [0.2, 0.25) is 0 Å². The number of benzene rings is 2. The van der Waals surface area contributed by atoms with Gasteiger partial charge in [-0.25, -0.2) is 4.39 Å². The number of amidine groups is 1. The van der Waals surface area contributed by atoms with Gasteiger partial charge < -0.3 is 10.1 Å². The van der Waals surface area contributed by atoms with Crippen LogP contribution in [0.1, 0.15) is 24.5 Å². The second-order valence-electron chi connectivity index (χ2n) is 5.34. The highest BCUT2D eigenvalue weighted by molar-refractivity contribution is 5.96. The minimum Gasteiger partial charge on any atom is -0.454 e. The van der Waals surface area contributed by atoms with Gasteiger partial charge >= 0.3 is 6.18 Å². The van der Waals surface area contributed by atoms with E-state index in [0.29, 0.717) is 17.8 Å². The molecular formula is C18H18F4N2O. The molecule has 7 heteroatoms. The molecule has 0 aliphatic rings. The third-order valence-electron chi connectivity index (χ3n) is 3.57. The summed E-state index contributed by atoms with van der Waals surface area (Å²) < 4.78 is 59.2. The molecule has 0 fully saturated rings. The van der Waals surface area contributed by atoms with Gasteiger partial charge in [-0.2, -0.15) is 13.2 Å². The molecule has 0 spiro atoms. The van der Waals surface area contributed by atoms with Crippen LogP contribution in [0.25, 0.3) is 0 Å². The predicted molar refractivity (Wildman–Crippen MR) is 89.9 cm³/mol. The van der Waals surface area contributed by atoms with E-state index in [-0.39, 0.29) is 11.4 Å². The Kier molecular flexibility index (Phi) is 5.66. The minimum absolute atomic E-state index is 0.266. The van der Waals surface area contributed by atoms with Crippen LogP contribution >= 0.6 is 0 Å². The Morgan fingerprint density at radius 3 is 2.40 bits per heavy atom. The summed E-state index contributed by atoms with van der Waals surface area (Å²) in [5.74, 6) is -0.898. The Bertz CT molecular complexity index is 785. The standard InChI is InChI=1S/C18H18F4N2O/c1-4-17(23-3)24-14-10-12(18(20,21)22)16(9-11(14)2)25-15-8-6-5-7-13(15)19/h5-10H,4H2,1-3H3,(H,23,24). The summed E-state index contributed by atoms with van der Waals surface area (Å²) >= 11 is 0. The lowest BCUT2D eigenvalue weighted by Gasteiger charge is -2.18. The predicted octanol–water partition coefficient (Wildman–Crippen LogP) is 5.80. The van der Waals surface area contributed by atoms with E-state index in [9.17, 15) is 17.6 Å². The summed E-state index contributed by atoms with van der Waals surface area (Å²) in [6, 6.07) is 7.50. The molecule has 0 amide bonds. The van der Waals surface area contributed by atoms with E-state index in [4.69, 9.17) is 4.74 Å². The van der Waals surface area contributed by atoms with E-state index in [1.165, 1.54) is 24.3 Å². The molecule has 1 N–H and O–H groups in total. The first kappa shape index (κ1) is 18.8.